The molecule has 0 aliphatic heterocycles. The predicted octanol–water partition coefficient (Wildman–Crippen LogP) is 4.11. The number of aliphatic hydroxyl groups excluding tert-OH is 2. The fraction of sp³-hybridized carbons (Fsp3) is 1.00. The highest BCUT2D eigenvalue weighted by atomic mass is 16.3. The first-order chi connectivity index (χ1) is 11.4. The van der Waals surface area contributed by atoms with Crippen LogP contribution in [-0.4, -0.2) is 34.5 Å². The Morgan fingerprint density at radius 1 is 0.583 bits per heavy atom. The number of nitrogens with two attached hydrogens (primary N) is 2. The molecule has 4 nitrogen and oxygen atoms in total. The van der Waals surface area contributed by atoms with E-state index in [9.17, 15) is 0 Å². The minimum atomic E-state index is -0.315. The maximum absolute atomic E-state index is 9.10. The van der Waals surface area contributed by atoms with Gasteiger partial charge in [-0.15, -0.1) is 0 Å². The van der Waals surface area contributed by atoms with Gasteiger partial charge in [0.2, 0.25) is 0 Å². The van der Waals surface area contributed by atoms with Crippen molar-refractivity contribution in [1.29, 1.82) is 0 Å². The standard InChI is InChI=1S/C12H27NO.C8H19NO/c1-3-5-6-7-8-9-10-12(13,4-2)11-14;1-3-5-6-8(9,4-2)7-10/h14H,3-11,13H2,1-2H3;10H,3-7,9H2,1-2H3. The van der Waals surface area contributed by atoms with Crippen molar-refractivity contribution in [2.75, 3.05) is 13.2 Å². The molecule has 0 aromatic carbocycles. The number of hydrogen-bond donors (Lipinski definition) is 4. The number of hydrogen-bond acceptors (Lipinski definition) is 4. The smallest absolute Gasteiger partial charge is 0.0611 e. The van der Waals surface area contributed by atoms with Crippen LogP contribution in [0.25, 0.3) is 0 Å². The Morgan fingerprint density at radius 3 is 1.33 bits per heavy atom. The van der Waals surface area contributed by atoms with E-state index in [-0.39, 0.29) is 24.3 Å². The molecule has 0 radical (unpaired) electrons. The molecule has 0 rings (SSSR count). The summed E-state index contributed by atoms with van der Waals surface area (Å²) in [5.74, 6) is 0. The lowest BCUT2D eigenvalue weighted by Crippen LogP contribution is -2.42. The third-order valence-corrected chi connectivity index (χ3v) is 5.09. The molecule has 4 heteroatoms. The van der Waals surface area contributed by atoms with Crippen LogP contribution in [0.4, 0.5) is 0 Å². The highest BCUT2D eigenvalue weighted by molar-refractivity contribution is 4.81. The molecular weight excluding hydrogens is 300 g/mol. The van der Waals surface area contributed by atoms with Gasteiger partial charge in [0.1, 0.15) is 0 Å². The zero-order valence-corrected chi connectivity index (χ0v) is 16.9. The predicted molar refractivity (Wildman–Crippen MR) is 106 cm³/mol. The second kappa shape index (κ2) is 16.3. The van der Waals surface area contributed by atoms with Crippen LogP contribution in [0.5, 0.6) is 0 Å². The topological polar surface area (TPSA) is 92.5 Å². The van der Waals surface area contributed by atoms with Gasteiger partial charge in [-0.05, 0) is 25.7 Å². The van der Waals surface area contributed by atoms with E-state index in [1.807, 2.05) is 13.8 Å². The molecule has 0 spiro atoms. The van der Waals surface area contributed by atoms with E-state index < -0.39 is 0 Å². The van der Waals surface area contributed by atoms with Crippen molar-refractivity contribution in [2.45, 2.75) is 116 Å². The van der Waals surface area contributed by atoms with Crippen molar-refractivity contribution >= 4 is 0 Å². The Morgan fingerprint density at radius 2 is 0.958 bits per heavy atom. The number of aliphatic hydroxyl groups is 2. The van der Waals surface area contributed by atoms with Crippen LogP contribution in [0.1, 0.15) is 105 Å². The summed E-state index contributed by atoms with van der Waals surface area (Å²) < 4.78 is 0. The second-order valence-electron chi connectivity index (χ2n) is 7.37. The highest BCUT2D eigenvalue weighted by Crippen LogP contribution is 2.16. The normalized spacial score (nSPS) is 16.0. The zero-order valence-electron chi connectivity index (χ0n) is 16.9. The Balaban J connectivity index is 0. The minimum Gasteiger partial charge on any atom is -0.394 e. The molecule has 2 unspecified atom stereocenters. The van der Waals surface area contributed by atoms with E-state index in [1.165, 1.54) is 32.1 Å². The molecule has 0 amide bonds. The first-order valence-electron chi connectivity index (χ1n) is 10.2. The van der Waals surface area contributed by atoms with Crippen LogP contribution in [0, 0.1) is 0 Å². The van der Waals surface area contributed by atoms with Gasteiger partial charge >= 0.3 is 0 Å². The first kappa shape index (κ1) is 26.1. The molecule has 0 heterocycles. The summed E-state index contributed by atoms with van der Waals surface area (Å²) in [6.07, 6.45) is 13.6. The average molecular weight is 347 g/mol. The molecule has 0 aromatic heterocycles. The van der Waals surface area contributed by atoms with Gasteiger partial charge in [-0.1, -0.05) is 79.1 Å². The molecule has 0 saturated carbocycles. The monoisotopic (exact) mass is 346 g/mol. The highest BCUT2D eigenvalue weighted by Gasteiger charge is 2.20. The van der Waals surface area contributed by atoms with E-state index in [4.69, 9.17) is 21.7 Å². The molecule has 0 saturated heterocycles. The first-order valence-corrected chi connectivity index (χ1v) is 10.2. The molecular formula is C20H46N2O2. The van der Waals surface area contributed by atoms with Crippen LogP contribution in [0.3, 0.4) is 0 Å². The number of unbranched alkanes of at least 4 members (excludes halogenated alkanes) is 6. The third kappa shape index (κ3) is 14.2. The van der Waals surface area contributed by atoms with Gasteiger partial charge in [0, 0.05) is 11.1 Å². The van der Waals surface area contributed by atoms with Crippen LogP contribution in [-0.2, 0) is 0 Å². The van der Waals surface area contributed by atoms with E-state index in [0.29, 0.717) is 0 Å². The lowest BCUT2D eigenvalue weighted by Gasteiger charge is -2.25. The molecule has 6 N–H and O–H groups in total. The lowest BCUT2D eigenvalue weighted by atomic mass is 9.91. The van der Waals surface area contributed by atoms with E-state index in [0.717, 1.165) is 44.9 Å². The van der Waals surface area contributed by atoms with Gasteiger partial charge in [0.15, 0.2) is 0 Å². The maximum Gasteiger partial charge on any atom is 0.0611 e. The molecule has 0 aliphatic rings. The van der Waals surface area contributed by atoms with Crippen molar-refractivity contribution < 1.29 is 10.2 Å². The van der Waals surface area contributed by atoms with Crippen LogP contribution in [0.2, 0.25) is 0 Å². The zero-order chi connectivity index (χ0) is 18.9. The Hall–Kier alpha value is -0.160. The van der Waals surface area contributed by atoms with Crippen molar-refractivity contribution in [3.63, 3.8) is 0 Å². The Bertz CT molecular complexity index is 252. The maximum atomic E-state index is 9.10. The quantitative estimate of drug-likeness (QED) is 0.356. The fourth-order valence-electron chi connectivity index (χ4n) is 2.52. The van der Waals surface area contributed by atoms with Crippen LogP contribution < -0.4 is 11.5 Å². The van der Waals surface area contributed by atoms with Crippen LogP contribution >= 0.6 is 0 Å². The molecule has 0 fully saturated rings. The third-order valence-electron chi connectivity index (χ3n) is 5.09. The van der Waals surface area contributed by atoms with Gasteiger partial charge < -0.3 is 21.7 Å². The van der Waals surface area contributed by atoms with Gasteiger partial charge in [0.05, 0.1) is 13.2 Å². The summed E-state index contributed by atoms with van der Waals surface area (Å²) in [4.78, 5) is 0. The molecule has 148 valence electrons. The SMILES string of the molecule is CCCCC(N)(CC)CO.CCCCCCCCC(N)(CC)CO. The van der Waals surface area contributed by atoms with Gasteiger partial charge in [-0.2, -0.15) is 0 Å². The fourth-order valence-corrected chi connectivity index (χ4v) is 2.52. The summed E-state index contributed by atoms with van der Waals surface area (Å²) >= 11 is 0. The summed E-state index contributed by atoms with van der Waals surface area (Å²) in [6.45, 7) is 8.67. The Labute approximate surface area is 151 Å². The van der Waals surface area contributed by atoms with Crippen LogP contribution in [0.15, 0.2) is 0 Å². The molecule has 0 bridgehead atoms. The summed E-state index contributed by atoms with van der Waals surface area (Å²) in [6, 6.07) is 0. The van der Waals surface area contributed by atoms with E-state index in [1.54, 1.807) is 0 Å². The molecule has 0 aromatic rings. The lowest BCUT2D eigenvalue weighted by molar-refractivity contribution is 0.179. The van der Waals surface area contributed by atoms with Gasteiger partial charge in [-0.3, -0.25) is 0 Å². The van der Waals surface area contributed by atoms with Gasteiger partial charge in [-0.25, -0.2) is 0 Å². The molecule has 2 atom stereocenters. The van der Waals surface area contributed by atoms with Crippen molar-refractivity contribution in [3.8, 4) is 0 Å². The largest absolute Gasteiger partial charge is 0.394 e. The summed E-state index contributed by atoms with van der Waals surface area (Å²) in [5, 5.41) is 18.0. The van der Waals surface area contributed by atoms with Gasteiger partial charge in [0.25, 0.3) is 0 Å². The minimum absolute atomic E-state index is 0.115. The van der Waals surface area contributed by atoms with Crippen molar-refractivity contribution in [3.05, 3.63) is 0 Å². The number of rotatable bonds is 14. The molecule has 0 aliphatic carbocycles. The summed E-state index contributed by atoms with van der Waals surface area (Å²) in [7, 11) is 0. The summed E-state index contributed by atoms with van der Waals surface area (Å²) in [5.41, 5.74) is 11.2. The van der Waals surface area contributed by atoms with Crippen molar-refractivity contribution in [1.82, 2.24) is 0 Å². The second-order valence-corrected chi connectivity index (χ2v) is 7.37. The molecule has 24 heavy (non-hydrogen) atoms. The van der Waals surface area contributed by atoms with E-state index >= 15 is 0 Å². The van der Waals surface area contributed by atoms with Crippen molar-refractivity contribution in [2.24, 2.45) is 11.5 Å². The van der Waals surface area contributed by atoms with E-state index in [2.05, 4.69) is 13.8 Å². The average Bonchev–Trinajstić information content (AvgIpc) is 2.63. The Kier molecular flexibility index (Phi) is 17.7.